The molecule has 3 saturated heterocycles. The summed E-state index contributed by atoms with van der Waals surface area (Å²) in [6, 6.07) is 11.4. The van der Waals surface area contributed by atoms with E-state index in [1.807, 2.05) is 24.1 Å². The van der Waals surface area contributed by atoms with Crippen molar-refractivity contribution in [1.29, 1.82) is 0 Å². The number of benzene rings is 2. The van der Waals surface area contributed by atoms with Crippen LogP contribution >= 0.6 is 30.3 Å². The molecule has 0 N–H and O–H groups in total. The normalized spacial score (nSPS) is 21.0. The molecule has 0 saturated carbocycles. The third-order valence-electron chi connectivity index (χ3n) is 9.86. The molecule has 0 radical (unpaired) electrons. The van der Waals surface area contributed by atoms with Gasteiger partial charge in [0, 0.05) is 97.7 Å². The molecule has 6 heterocycles. The molecule has 222 valence electrons. The molecular formula is C33H35IN6O2S. The zero-order chi connectivity index (χ0) is 29.5. The molecule has 10 heteroatoms. The Morgan fingerprint density at radius 1 is 1.09 bits per heavy atom. The Balaban J connectivity index is 1.13. The minimum absolute atomic E-state index is 0.111. The number of halogens is 1. The van der Waals surface area contributed by atoms with Crippen molar-refractivity contribution in [1.82, 2.24) is 23.7 Å². The van der Waals surface area contributed by atoms with E-state index in [2.05, 4.69) is 79.4 Å². The minimum atomic E-state index is 0.111. The molecule has 8 rings (SSSR count). The van der Waals surface area contributed by atoms with Gasteiger partial charge in [-0.05, 0) is 74.2 Å². The predicted octanol–water partition coefficient (Wildman–Crippen LogP) is 5.77. The van der Waals surface area contributed by atoms with E-state index in [-0.39, 0.29) is 11.3 Å². The Labute approximate surface area is 268 Å². The number of ether oxygens (including phenoxy) is 1. The van der Waals surface area contributed by atoms with E-state index in [0.717, 1.165) is 97.0 Å². The number of carbonyl (C=O) groups excluding carboxylic acids is 1. The van der Waals surface area contributed by atoms with Gasteiger partial charge in [0.1, 0.15) is 5.52 Å². The first-order valence-corrected chi connectivity index (χ1v) is 18.4. The largest absolute Gasteiger partial charge is 0.380 e. The van der Waals surface area contributed by atoms with Crippen LogP contribution in [0.4, 0.5) is 5.69 Å². The van der Waals surface area contributed by atoms with Crippen molar-refractivity contribution in [3.8, 4) is 22.4 Å². The van der Waals surface area contributed by atoms with Gasteiger partial charge < -0.3 is 19.4 Å². The van der Waals surface area contributed by atoms with Crippen molar-refractivity contribution in [3.63, 3.8) is 0 Å². The molecule has 2 aromatic heterocycles. The molecular weight excluding hydrogens is 671 g/mol. The van der Waals surface area contributed by atoms with E-state index in [4.69, 9.17) is 14.7 Å². The van der Waals surface area contributed by atoms with Crippen molar-refractivity contribution < 1.29 is 9.53 Å². The Morgan fingerprint density at radius 2 is 1.91 bits per heavy atom. The number of nitrogens with zero attached hydrogens (tertiary/aromatic N) is 6. The smallest absolute Gasteiger partial charge is 0.254 e. The second-order valence-corrected chi connectivity index (χ2v) is 14.7. The molecule has 1 atom stereocenters. The van der Waals surface area contributed by atoms with Gasteiger partial charge in [0.25, 0.3) is 5.91 Å². The number of anilines is 1. The first kappa shape index (κ1) is 27.8. The molecule has 0 bridgehead atoms. The average molecular weight is 707 g/mol. The van der Waals surface area contributed by atoms with Gasteiger partial charge in [0.05, 0.1) is 30.5 Å². The van der Waals surface area contributed by atoms with Gasteiger partial charge in [-0.15, -0.1) is 0 Å². The van der Waals surface area contributed by atoms with Crippen LogP contribution in [0, 0.1) is 19.3 Å². The first-order valence-electron chi connectivity index (χ1n) is 15.1. The number of hydrogen-bond donors (Lipinski definition) is 0. The number of aryl methyl sites for hydroxylation is 3. The lowest BCUT2D eigenvalue weighted by atomic mass is 9.77. The molecule has 43 heavy (non-hydrogen) atoms. The molecule has 4 aromatic rings. The highest BCUT2D eigenvalue weighted by Crippen LogP contribution is 2.41. The first-order chi connectivity index (χ1) is 20.8. The maximum absolute atomic E-state index is 13.3. The van der Waals surface area contributed by atoms with Crippen LogP contribution in [-0.4, -0.2) is 88.7 Å². The molecule has 0 aliphatic carbocycles. The van der Waals surface area contributed by atoms with Crippen molar-refractivity contribution in [2.45, 2.75) is 32.7 Å². The van der Waals surface area contributed by atoms with Crippen LogP contribution in [0.2, 0.25) is 0 Å². The van der Waals surface area contributed by atoms with Crippen LogP contribution in [-0.2, 0) is 11.2 Å². The number of hydrogen-bond acceptors (Lipinski definition) is 7. The van der Waals surface area contributed by atoms with Gasteiger partial charge in [-0.2, -0.15) is 0 Å². The summed E-state index contributed by atoms with van der Waals surface area (Å²) in [4.78, 5) is 30.5. The number of amides is 1. The number of likely N-dealkylation sites (tertiary alicyclic amines) is 1. The number of rotatable bonds is 4. The van der Waals surface area contributed by atoms with Crippen LogP contribution < -0.4 is 4.90 Å². The number of piperazine rings is 1. The van der Waals surface area contributed by atoms with E-state index >= 15 is 0 Å². The van der Waals surface area contributed by atoms with E-state index in [1.165, 1.54) is 23.2 Å². The second kappa shape index (κ2) is 10.5. The fourth-order valence-electron chi connectivity index (χ4n) is 7.57. The number of aromatic nitrogens is 3. The highest BCUT2D eigenvalue weighted by atomic mass is 127. The molecule has 1 spiro atoms. The minimum Gasteiger partial charge on any atom is -0.380 e. The molecule has 2 aromatic carbocycles. The highest BCUT2D eigenvalue weighted by molar-refractivity contribution is 14.2. The fraction of sp³-hybridized carbons (Fsp3) is 0.424. The summed E-state index contributed by atoms with van der Waals surface area (Å²) in [5.41, 5.74) is 11.9. The SMILES string of the molecule is Cc1cc(-c2cn(SI)c3ncc(-c4cc(C)c5c(c4)CCC4CN(C)CCN54)nc23)ccc1C(=O)N1CC2(COC2)C1. The molecule has 4 aliphatic heterocycles. The van der Waals surface area contributed by atoms with Crippen molar-refractivity contribution >= 4 is 53.1 Å². The maximum atomic E-state index is 13.3. The van der Waals surface area contributed by atoms with Crippen molar-refractivity contribution in [2.75, 3.05) is 57.9 Å². The number of carbonyl (C=O) groups is 1. The summed E-state index contributed by atoms with van der Waals surface area (Å²) >= 11 is 2.29. The Bertz CT molecular complexity index is 1780. The molecule has 3 fully saturated rings. The Morgan fingerprint density at radius 3 is 2.65 bits per heavy atom. The Kier molecular flexibility index (Phi) is 6.77. The summed E-state index contributed by atoms with van der Waals surface area (Å²) in [6.07, 6.45) is 6.31. The Hall–Kier alpha value is -2.67. The van der Waals surface area contributed by atoms with Gasteiger partial charge >= 0.3 is 0 Å². The average Bonchev–Trinajstić information content (AvgIpc) is 3.33. The van der Waals surface area contributed by atoms with Crippen LogP contribution in [0.25, 0.3) is 33.5 Å². The standard InChI is InChI=1S/C33H35IN6O2S/c1-20-10-22(5-7-26(20)32(41)38-16-33(17-38)18-42-19-33)27-15-40(43-34)31-29(27)36-28(13-35-31)24-11-21(2)30-23(12-24)4-6-25-14-37(3)8-9-39(25)30/h5,7,10-13,15,25H,4,6,8-9,14,16-19H2,1-3H3. The molecule has 1 amide bonds. The van der Waals surface area contributed by atoms with Crippen LogP contribution in [0.15, 0.2) is 42.7 Å². The van der Waals surface area contributed by atoms with E-state index < -0.39 is 0 Å². The predicted molar refractivity (Wildman–Crippen MR) is 181 cm³/mol. The summed E-state index contributed by atoms with van der Waals surface area (Å²) in [7, 11) is 3.82. The summed E-state index contributed by atoms with van der Waals surface area (Å²) in [5, 5.41) is 0. The molecule has 8 nitrogen and oxygen atoms in total. The lowest BCUT2D eigenvalue weighted by Gasteiger charge is -2.55. The van der Waals surface area contributed by atoms with Crippen LogP contribution in [0.1, 0.15) is 33.5 Å². The zero-order valence-electron chi connectivity index (χ0n) is 24.8. The zero-order valence-corrected chi connectivity index (χ0v) is 27.7. The summed E-state index contributed by atoms with van der Waals surface area (Å²) < 4.78 is 7.45. The number of fused-ring (bicyclic) bond motifs is 4. The van der Waals surface area contributed by atoms with Crippen molar-refractivity contribution in [2.24, 2.45) is 5.41 Å². The third kappa shape index (κ3) is 4.59. The van der Waals surface area contributed by atoms with Crippen LogP contribution in [0.5, 0.6) is 0 Å². The number of likely N-dealkylation sites (N-methyl/N-ethyl adjacent to an activating group) is 1. The quantitative estimate of drug-likeness (QED) is 0.250. The van der Waals surface area contributed by atoms with Gasteiger partial charge in [0.2, 0.25) is 0 Å². The lowest BCUT2D eigenvalue weighted by Crippen LogP contribution is -2.67. The summed E-state index contributed by atoms with van der Waals surface area (Å²) in [5.74, 6) is 0.111. The van der Waals surface area contributed by atoms with Gasteiger partial charge in [0.15, 0.2) is 5.65 Å². The third-order valence-corrected chi connectivity index (χ3v) is 11.6. The topological polar surface area (TPSA) is 66.7 Å². The fourth-order valence-corrected chi connectivity index (χ4v) is 8.81. The molecule has 4 aliphatic rings. The highest BCUT2D eigenvalue weighted by Gasteiger charge is 2.50. The van der Waals surface area contributed by atoms with Crippen LogP contribution in [0.3, 0.4) is 0 Å². The van der Waals surface area contributed by atoms with Gasteiger partial charge in [-0.25, -0.2) is 9.97 Å². The van der Waals surface area contributed by atoms with Crippen molar-refractivity contribution in [3.05, 3.63) is 65.0 Å². The van der Waals surface area contributed by atoms with Gasteiger partial charge in [-0.1, -0.05) is 12.1 Å². The second-order valence-electron chi connectivity index (χ2n) is 13.0. The van der Waals surface area contributed by atoms with Gasteiger partial charge in [-0.3, -0.25) is 8.77 Å². The molecule has 1 unspecified atom stereocenters. The van der Waals surface area contributed by atoms with E-state index in [9.17, 15) is 4.79 Å². The van der Waals surface area contributed by atoms with E-state index in [0.29, 0.717) is 6.04 Å². The van der Waals surface area contributed by atoms with E-state index in [1.54, 1.807) is 9.12 Å². The maximum Gasteiger partial charge on any atom is 0.254 e. The lowest BCUT2D eigenvalue weighted by molar-refractivity contribution is -0.176. The summed E-state index contributed by atoms with van der Waals surface area (Å²) in [6.45, 7) is 10.8. The monoisotopic (exact) mass is 706 g/mol.